The van der Waals surface area contributed by atoms with Crippen LogP contribution in [-0.2, 0) is 4.79 Å². The lowest BCUT2D eigenvalue weighted by molar-refractivity contribution is -0.121. The lowest BCUT2D eigenvalue weighted by Gasteiger charge is -2.13. The summed E-state index contributed by atoms with van der Waals surface area (Å²) in [6, 6.07) is 0. The molecule has 0 aromatic heterocycles. The minimum absolute atomic E-state index is 0.149. The average molecular weight is 190 g/mol. The van der Waals surface area contributed by atoms with Gasteiger partial charge in [-0.3, -0.25) is 4.79 Å². The Hall–Kier alpha value is -0.240. The summed E-state index contributed by atoms with van der Waals surface area (Å²) in [5.74, 6) is 0.859. The van der Waals surface area contributed by atoms with Crippen LogP contribution < -0.4 is 5.32 Å². The molecule has 1 aliphatic rings. The van der Waals surface area contributed by atoms with E-state index >= 15 is 0 Å². The fourth-order valence-corrected chi connectivity index (χ4v) is 1.70. The Kier molecular flexibility index (Phi) is 3.39. The van der Waals surface area contributed by atoms with E-state index in [0.717, 1.165) is 13.0 Å². The Balaban J connectivity index is 2.17. The highest BCUT2D eigenvalue weighted by molar-refractivity contribution is 6.17. The Morgan fingerprint density at radius 2 is 2.25 bits per heavy atom. The molecule has 0 aliphatic heterocycles. The Morgan fingerprint density at radius 3 is 2.67 bits per heavy atom. The van der Waals surface area contributed by atoms with Crippen molar-refractivity contribution in [3.63, 3.8) is 0 Å². The van der Waals surface area contributed by atoms with Crippen molar-refractivity contribution < 1.29 is 4.79 Å². The van der Waals surface area contributed by atoms with Crippen molar-refractivity contribution in [2.45, 2.75) is 32.6 Å². The molecule has 0 aromatic carbocycles. The Morgan fingerprint density at radius 1 is 1.58 bits per heavy atom. The molecule has 1 amide bonds. The van der Waals surface area contributed by atoms with Crippen molar-refractivity contribution in [2.24, 2.45) is 5.41 Å². The second-order valence-electron chi connectivity index (χ2n) is 3.57. The summed E-state index contributed by atoms with van der Waals surface area (Å²) >= 11 is 5.66. The normalized spacial score (nSPS) is 18.8. The standard InChI is InChI=1S/C9H16ClNO/c1-2-8(12)11-7-9(3-4-9)5-6-10/h2-7H2,1H3,(H,11,12). The second-order valence-corrected chi connectivity index (χ2v) is 3.95. The Labute approximate surface area is 78.7 Å². The van der Waals surface area contributed by atoms with E-state index in [1.807, 2.05) is 6.92 Å². The molecule has 2 nitrogen and oxygen atoms in total. The number of alkyl halides is 1. The molecule has 0 unspecified atom stereocenters. The zero-order chi connectivity index (χ0) is 9.03. The zero-order valence-electron chi connectivity index (χ0n) is 7.53. The molecule has 1 saturated carbocycles. The number of rotatable bonds is 5. The molecule has 1 N–H and O–H groups in total. The summed E-state index contributed by atoms with van der Waals surface area (Å²) in [6.07, 6.45) is 4.07. The van der Waals surface area contributed by atoms with Gasteiger partial charge < -0.3 is 5.32 Å². The van der Waals surface area contributed by atoms with Gasteiger partial charge in [0, 0.05) is 18.8 Å². The van der Waals surface area contributed by atoms with Crippen molar-refractivity contribution in [3.05, 3.63) is 0 Å². The van der Waals surface area contributed by atoms with E-state index in [0.29, 0.717) is 17.7 Å². The quantitative estimate of drug-likeness (QED) is 0.658. The van der Waals surface area contributed by atoms with Gasteiger partial charge in [-0.15, -0.1) is 11.6 Å². The highest BCUT2D eigenvalue weighted by atomic mass is 35.5. The summed E-state index contributed by atoms with van der Waals surface area (Å²) < 4.78 is 0. The number of hydrogen-bond acceptors (Lipinski definition) is 1. The van der Waals surface area contributed by atoms with Crippen molar-refractivity contribution >= 4 is 17.5 Å². The molecule has 0 aromatic rings. The molecule has 1 aliphatic carbocycles. The van der Waals surface area contributed by atoms with Crippen LogP contribution >= 0.6 is 11.6 Å². The van der Waals surface area contributed by atoms with E-state index in [4.69, 9.17) is 11.6 Å². The number of halogens is 1. The fraction of sp³-hybridized carbons (Fsp3) is 0.889. The van der Waals surface area contributed by atoms with Crippen LogP contribution in [0.1, 0.15) is 32.6 Å². The first-order valence-corrected chi connectivity index (χ1v) is 5.08. The van der Waals surface area contributed by atoms with E-state index in [1.54, 1.807) is 0 Å². The van der Waals surface area contributed by atoms with Crippen LogP contribution in [0, 0.1) is 5.41 Å². The number of carbonyl (C=O) groups is 1. The molecule has 70 valence electrons. The van der Waals surface area contributed by atoms with Crippen LogP contribution in [0.2, 0.25) is 0 Å². The largest absolute Gasteiger partial charge is 0.356 e. The summed E-state index contributed by atoms with van der Waals surface area (Å²) in [5, 5.41) is 2.92. The van der Waals surface area contributed by atoms with E-state index in [1.165, 1.54) is 12.8 Å². The van der Waals surface area contributed by atoms with Crippen LogP contribution in [0.4, 0.5) is 0 Å². The topological polar surface area (TPSA) is 29.1 Å². The minimum atomic E-state index is 0.149. The summed E-state index contributed by atoms with van der Waals surface area (Å²) in [7, 11) is 0. The van der Waals surface area contributed by atoms with Gasteiger partial charge in [0.2, 0.25) is 5.91 Å². The van der Waals surface area contributed by atoms with Crippen LogP contribution in [0.3, 0.4) is 0 Å². The molecular weight excluding hydrogens is 174 g/mol. The molecule has 12 heavy (non-hydrogen) atoms. The third-order valence-corrected chi connectivity index (χ3v) is 2.75. The van der Waals surface area contributed by atoms with Crippen molar-refractivity contribution in [2.75, 3.05) is 12.4 Å². The second kappa shape index (κ2) is 4.13. The summed E-state index contributed by atoms with van der Waals surface area (Å²) in [5.41, 5.74) is 0.368. The molecule has 0 heterocycles. The number of carbonyl (C=O) groups excluding carboxylic acids is 1. The van der Waals surface area contributed by atoms with Gasteiger partial charge in [0.1, 0.15) is 0 Å². The first-order valence-electron chi connectivity index (χ1n) is 4.55. The van der Waals surface area contributed by atoms with Gasteiger partial charge in [-0.25, -0.2) is 0 Å². The predicted molar refractivity (Wildman–Crippen MR) is 50.3 cm³/mol. The lowest BCUT2D eigenvalue weighted by atomic mass is 10.0. The SMILES string of the molecule is CCC(=O)NCC1(CCCl)CC1. The minimum Gasteiger partial charge on any atom is -0.356 e. The van der Waals surface area contributed by atoms with Gasteiger partial charge in [0.15, 0.2) is 0 Å². The van der Waals surface area contributed by atoms with Gasteiger partial charge in [0.05, 0.1) is 0 Å². The van der Waals surface area contributed by atoms with Crippen LogP contribution in [0.25, 0.3) is 0 Å². The van der Waals surface area contributed by atoms with E-state index in [2.05, 4.69) is 5.32 Å². The van der Waals surface area contributed by atoms with Gasteiger partial charge >= 0.3 is 0 Å². The van der Waals surface area contributed by atoms with Crippen LogP contribution in [0.5, 0.6) is 0 Å². The van der Waals surface area contributed by atoms with Crippen LogP contribution in [-0.4, -0.2) is 18.3 Å². The first kappa shape index (κ1) is 9.85. The highest BCUT2D eigenvalue weighted by Crippen LogP contribution is 2.48. The summed E-state index contributed by atoms with van der Waals surface area (Å²) in [6.45, 7) is 2.70. The molecule has 0 radical (unpaired) electrons. The highest BCUT2D eigenvalue weighted by Gasteiger charge is 2.41. The molecule has 0 saturated heterocycles. The Bertz CT molecular complexity index is 166. The molecule has 3 heteroatoms. The molecule has 0 bridgehead atoms. The number of amides is 1. The number of nitrogens with one attached hydrogen (secondary N) is 1. The van der Waals surface area contributed by atoms with Gasteiger partial charge in [-0.1, -0.05) is 6.92 Å². The average Bonchev–Trinajstić information content (AvgIpc) is 2.82. The van der Waals surface area contributed by atoms with Gasteiger partial charge in [0.25, 0.3) is 0 Å². The van der Waals surface area contributed by atoms with Gasteiger partial charge in [-0.2, -0.15) is 0 Å². The van der Waals surface area contributed by atoms with Gasteiger partial charge in [-0.05, 0) is 24.7 Å². The molecular formula is C9H16ClNO. The maximum atomic E-state index is 10.9. The molecule has 1 rings (SSSR count). The van der Waals surface area contributed by atoms with Crippen molar-refractivity contribution in [3.8, 4) is 0 Å². The zero-order valence-corrected chi connectivity index (χ0v) is 8.28. The van der Waals surface area contributed by atoms with Crippen molar-refractivity contribution in [1.82, 2.24) is 5.32 Å². The third-order valence-electron chi connectivity index (χ3n) is 2.56. The van der Waals surface area contributed by atoms with E-state index < -0.39 is 0 Å². The molecule has 0 atom stereocenters. The van der Waals surface area contributed by atoms with E-state index in [9.17, 15) is 4.79 Å². The first-order chi connectivity index (χ1) is 5.72. The third kappa shape index (κ3) is 2.67. The summed E-state index contributed by atoms with van der Waals surface area (Å²) in [4.78, 5) is 10.9. The maximum absolute atomic E-state index is 10.9. The molecule has 1 fully saturated rings. The monoisotopic (exact) mass is 189 g/mol. The number of hydrogen-bond donors (Lipinski definition) is 1. The maximum Gasteiger partial charge on any atom is 0.219 e. The molecule has 0 spiro atoms. The van der Waals surface area contributed by atoms with E-state index in [-0.39, 0.29) is 5.91 Å². The van der Waals surface area contributed by atoms with Crippen LogP contribution in [0.15, 0.2) is 0 Å². The predicted octanol–water partition coefficient (Wildman–Crippen LogP) is 1.92. The fourth-order valence-electron chi connectivity index (χ4n) is 1.30. The smallest absolute Gasteiger partial charge is 0.219 e. The van der Waals surface area contributed by atoms with Crippen molar-refractivity contribution in [1.29, 1.82) is 0 Å². The lowest BCUT2D eigenvalue weighted by Crippen LogP contribution is -2.29.